The van der Waals surface area contributed by atoms with Crippen LogP contribution in [0.15, 0.2) is 18.2 Å². The van der Waals surface area contributed by atoms with Crippen LogP contribution < -0.4 is 10.1 Å². The van der Waals surface area contributed by atoms with Crippen LogP contribution in [0.25, 0.3) is 0 Å². The van der Waals surface area contributed by atoms with E-state index >= 15 is 0 Å². The summed E-state index contributed by atoms with van der Waals surface area (Å²) in [6, 6.07) is 5.73. The lowest BCUT2D eigenvalue weighted by Crippen LogP contribution is -2.51. The molecule has 0 radical (unpaired) electrons. The third kappa shape index (κ3) is 1.70. The first-order valence-electron chi connectivity index (χ1n) is 6.22. The molecule has 0 bridgehead atoms. The van der Waals surface area contributed by atoms with Crippen LogP contribution in [0.2, 0.25) is 0 Å². The normalized spacial score (nSPS) is 21.1. The Morgan fingerprint density at radius 1 is 1.29 bits per heavy atom. The van der Waals surface area contributed by atoms with Crippen LogP contribution in [-0.4, -0.2) is 18.6 Å². The fourth-order valence-corrected chi connectivity index (χ4v) is 3.14. The molecule has 3 heteroatoms. The molecule has 0 unspecified atom stereocenters. The van der Waals surface area contributed by atoms with Crippen molar-refractivity contribution in [2.24, 2.45) is 0 Å². The van der Waals surface area contributed by atoms with Crippen molar-refractivity contribution in [1.82, 2.24) is 5.32 Å². The highest BCUT2D eigenvalue weighted by atomic mass is 16.5. The molecule has 0 saturated heterocycles. The monoisotopic (exact) mass is 231 g/mol. The highest BCUT2D eigenvalue weighted by Gasteiger charge is 2.39. The quantitative estimate of drug-likeness (QED) is 0.805. The zero-order chi connectivity index (χ0) is 11.9. The number of amides is 1. The van der Waals surface area contributed by atoms with Crippen molar-refractivity contribution in [2.45, 2.75) is 37.6 Å². The van der Waals surface area contributed by atoms with Crippen molar-refractivity contribution in [3.63, 3.8) is 0 Å². The van der Waals surface area contributed by atoms with Crippen molar-refractivity contribution in [1.29, 1.82) is 0 Å². The number of hydrogen-bond acceptors (Lipinski definition) is 2. The molecular weight excluding hydrogens is 214 g/mol. The number of methoxy groups -OCH3 is 1. The van der Waals surface area contributed by atoms with Crippen LogP contribution in [0.5, 0.6) is 5.75 Å². The minimum atomic E-state index is 0.0243. The topological polar surface area (TPSA) is 38.3 Å². The van der Waals surface area contributed by atoms with Gasteiger partial charge in [0, 0.05) is 11.1 Å². The maximum Gasteiger partial charge on any atom is 0.252 e. The first-order chi connectivity index (χ1) is 8.22. The highest BCUT2D eigenvalue weighted by Crippen LogP contribution is 2.37. The van der Waals surface area contributed by atoms with Gasteiger partial charge >= 0.3 is 0 Å². The Morgan fingerprint density at radius 3 is 2.76 bits per heavy atom. The van der Waals surface area contributed by atoms with Crippen molar-refractivity contribution >= 4 is 5.91 Å². The van der Waals surface area contributed by atoms with E-state index in [0.29, 0.717) is 0 Å². The van der Waals surface area contributed by atoms with Crippen LogP contribution >= 0.6 is 0 Å². The van der Waals surface area contributed by atoms with Crippen LogP contribution in [0.1, 0.15) is 41.6 Å². The maximum absolute atomic E-state index is 12.1. The van der Waals surface area contributed by atoms with Crippen LogP contribution in [0, 0.1) is 0 Å². The van der Waals surface area contributed by atoms with Gasteiger partial charge in [-0.25, -0.2) is 0 Å². The van der Waals surface area contributed by atoms with Gasteiger partial charge in [0.25, 0.3) is 5.91 Å². The maximum atomic E-state index is 12.1. The molecule has 1 spiro atoms. The van der Waals surface area contributed by atoms with E-state index in [1.165, 1.54) is 12.8 Å². The van der Waals surface area contributed by atoms with E-state index < -0.39 is 0 Å². The van der Waals surface area contributed by atoms with E-state index in [0.717, 1.165) is 36.1 Å². The minimum Gasteiger partial charge on any atom is -0.497 e. The molecule has 1 amide bonds. The van der Waals surface area contributed by atoms with Gasteiger partial charge in [0.15, 0.2) is 0 Å². The van der Waals surface area contributed by atoms with Crippen LogP contribution in [0.3, 0.4) is 0 Å². The van der Waals surface area contributed by atoms with Gasteiger partial charge in [-0.05, 0) is 43.0 Å². The third-order valence-electron chi connectivity index (χ3n) is 4.03. The van der Waals surface area contributed by atoms with Crippen molar-refractivity contribution in [2.75, 3.05) is 7.11 Å². The number of rotatable bonds is 1. The second-order valence-electron chi connectivity index (χ2n) is 5.14. The standard InChI is InChI=1S/C14H17NO2/c1-17-11-4-5-12-10(8-11)9-14(15-13(12)16)6-2-3-7-14/h4-5,8H,2-3,6-7,9H2,1H3,(H,15,16). The number of nitrogens with one attached hydrogen (secondary N) is 1. The predicted molar refractivity (Wildman–Crippen MR) is 65.4 cm³/mol. The molecule has 1 heterocycles. The number of benzene rings is 1. The molecule has 1 aromatic carbocycles. The summed E-state index contributed by atoms with van der Waals surface area (Å²) in [4.78, 5) is 12.1. The summed E-state index contributed by atoms with van der Waals surface area (Å²) < 4.78 is 5.23. The number of ether oxygens (including phenoxy) is 1. The van der Waals surface area contributed by atoms with Gasteiger partial charge in [-0.3, -0.25) is 4.79 Å². The predicted octanol–water partition coefficient (Wildman–Crippen LogP) is 2.29. The number of carbonyl (C=O) groups is 1. The van der Waals surface area contributed by atoms with Gasteiger partial charge < -0.3 is 10.1 Å². The molecular formula is C14H17NO2. The summed E-state index contributed by atoms with van der Waals surface area (Å²) >= 11 is 0. The number of fused-ring (bicyclic) bond motifs is 1. The Morgan fingerprint density at radius 2 is 2.06 bits per heavy atom. The Labute approximate surface area is 101 Å². The zero-order valence-electron chi connectivity index (χ0n) is 10.1. The van der Waals surface area contributed by atoms with Gasteiger partial charge in [-0.15, -0.1) is 0 Å². The van der Waals surface area contributed by atoms with Gasteiger partial charge in [-0.2, -0.15) is 0 Å². The van der Waals surface area contributed by atoms with E-state index in [9.17, 15) is 4.79 Å². The largest absolute Gasteiger partial charge is 0.497 e. The lowest BCUT2D eigenvalue weighted by Gasteiger charge is -2.35. The summed E-state index contributed by atoms with van der Waals surface area (Å²) in [5.74, 6) is 0.919. The minimum absolute atomic E-state index is 0.0243. The first-order valence-corrected chi connectivity index (χ1v) is 6.22. The van der Waals surface area contributed by atoms with Gasteiger partial charge in [0.05, 0.1) is 7.11 Å². The lowest BCUT2D eigenvalue weighted by atomic mass is 9.83. The molecule has 1 N–H and O–H groups in total. The van der Waals surface area contributed by atoms with E-state index in [4.69, 9.17) is 4.74 Å². The Hall–Kier alpha value is -1.51. The molecule has 0 atom stereocenters. The van der Waals surface area contributed by atoms with Crippen molar-refractivity contribution < 1.29 is 9.53 Å². The molecule has 1 saturated carbocycles. The SMILES string of the molecule is COc1ccc2c(c1)CC1(CCCC1)NC2=O. The summed E-state index contributed by atoms with van der Waals surface area (Å²) in [7, 11) is 1.66. The molecule has 3 nitrogen and oxygen atoms in total. The van der Waals surface area contributed by atoms with Crippen LogP contribution in [0.4, 0.5) is 0 Å². The summed E-state index contributed by atoms with van der Waals surface area (Å²) in [6.45, 7) is 0. The number of hydrogen-bond donors (Lipinski definition) is 1. The average Bonchev–Trinajstić information content (AvgIpc) is 2.76. The molecule has 1 fully saturated rings. The summed E-state index contributed by atoms with van der Waals surface area (Å²) in [5.41, 5.74) is 1.97. The molecule has 3 rings (SSSR count). The third-order valence-corrected chi connectivity index (χ3v) is 4.03. The van der Waals surface area contributed by atoms with Gasteiger partial charge in [0.1, 0.15) is 5.75 Å². The fourth-order valence-electron chi connectivity index (χ4n) is 3.14. The fraction of sp³-hybridized carbons (Fsp3) is 0.500. The lowest BCUT2D eigenvalue weighted by molar-refractivity contribution is 0.0880. The molecule has 1 aliphatic carbocycles. The smallest absolute Gasteiger partial charge is 0.252 e. The molecule has 90 valence electrons. The highest BCUT2D eigenvalue weighted by molar-refractivity contribution is 5.97. The van der Waals surface area contributed by atoms with Crippen LogP contribution in [-0.2, 0) is 6.42 Å². The van der Waals surface area contributed by atoms with Gasteiger partial charge in [-0.1, -0.05) is 12.8 Å². The van der Waals surface area contributed by atoms with Crippen molar-refractivity contribution in [3.05, 3.63) is 29.3 Å². The second kappa shape index (κ2) is 3.76. The first kappa shape index (κ1) is 10.6. The molecule has 1 aliphatic heterocycles. The van der Waals surface area contributed by atoms with E-state index in [1.807, 2.05) is 18.2 Å². The molecule has 1 aromatic rings. The Kier molecular flexibility index (Phi) is 2.35. The summed E-state index contributed by atoms with van der Waals surface area (Å²) in [5, 5.41) is 3.21. The van der Waals surface area contributed by atoms with E-state index in [2.05, 4.69) is 5.32 Å². The Balaban J connectivity index is 2.00. The summed E-state index contributed by atoms with van der Waals surface area (Å²) in [6.07, 6.45) is 5.61. The zero-order valence-corrected chi connectivity index (χ0v) is 10.1. The molecule has 0 aromatic heterocycles. The molecule has 17 heavy (non-hydrogen) atoms. The van der Waals surface area contributed by atoms with E-state index in [-0.39, 0.29) is 11.4 Å². The average molecular weight is 231 g/mol. The van der Waals surface area contributed by atoms with Crippen molar-refractivity contribution in [3.8, 4) is 5.75 Å². The molecule has 2 aliphatic rings. The van der Waals surface area contributed by atoms with E-state index in [1.54, 1.807) is 7.11 Å². The number of carbonyl (C=O) groups excluding carboxylic acids is 1. The second-order valence-corrected chi connectivity index (χ2v) is 5.14. The Bertz CT molecular complexity index is 461. The van der Waals surface area contributed by atoms with Gasteiger partial charge in [0.2, 0.25) is 0 Å².